The van der Waals surface area contributed by atoms with Gasteiger partial charge >= 0.3 is 12.0 Å². The molecule has 2 fully saturated rings. The van der Waals surface area contributed by atoms with E-state index in [1.54, 1.807) is 12.0 Å². The van der Waals surface area contributed by atoms with Crippen LogP contribution in [-0.4, -0.2) is 90.8 Å². The van der Waals surface area contributed by atoms with Gasteiger partial charge in [0.05, 0.1) is 6.61 Å². The topological polar surface area (TPSA) is 73.3 Å². The van der Waals surface area contributed by atoms with E-state index < -0.39 is 5.97 Å². The van der Waals surface area contributed by atoms with E-state index in [1.807, 2.05) is 0 Å². The molecule has 2 heterocycles. The fourth-order valence-corrected chi connectivity index (χ4v) is 2.97. The van der Waals surface area contributed by atoms with E-state index in [0.717, 1.165) is 19.5 Å². The molecule has 0 bridgehead atoms. The summed E-state index contributed by atoms with van der Waals surface area (Å²) >= 11 is 0. The van der Waals surface area contributed by atoms with Crippen LogP contribution in [0.4, 0.5) is 4.79 Å². The Balaban J connectivity index is 1.93. The third kappa shape index (κ3) is 3.61. The predicted octanol–water partition coefficient (Wildman–Crippen LogP) is -0.0806. The highest BCUT2D eigenvalue weighted by atomic mass is 16.5. The summed E-state index contributed by atoms with van der Waals surface area (Å²) in [6.07, 6.45) is 2.32. The van der Waals surface area contributed by atoms with Crippen LogP contribution < -0.4 is 0 Å². The highest BCUT2D eigenvalue weighted by molar-refractivity contribution is 5.80. The number of hydrogen-bond acceptors (Lipinski definition) is 4. The second-order valence-corrected chi connectivity index (χ2v) is 5.37. The molecule has 20 heavy (non-hydrogen) atoms. The lowest BCUT2D eigenvalue weighted by atomic mass is 10.1. The number of aliphatic carboxylic acids is 1. The molecule has 0 aromatic rings. The number of carboxylic acid groups (broad SMARTS) is 1. The van der Waals surface area contributed by atoms with Crippen molar-refractivity contribution in [2.75, 3.05) is 53.0 Å². The van der Waals surface area contributed by atoms with Gasteiger partial charge in [-0.05, 0) is 19.4 Å². The highest BCUT2D eigenvalue weighted by Gasteiger charge is 2.34. The van der Waals surface area contributed by atoms with Gasteiger partial charge in [0.25, 0.3) is 0 Å². The zero-order chi connectivity index (χ0) is 14.5. The van der Waals surface area contributed by atoms with Gasteiger partial charge in [-0.1, -0.05) is 0 Å². The largest absolute Gasteiger partial charge is 0.480 e. The van der Waals surface area contributed by atoms with E-state index in [4.69, 9.17) is 9.84 Å². The van der Waals surface area contributed by atoms with Crippen LogP contribution >= 0.6 is 0 Å². The molecule has 114 valence electrons. The summed E-state index contributed by atoms with van der Waals surface area (Å²) in [4.78, 5) is 28.9. The van der Waals surface area contributed by atoms with Crippen molar-refractivity contribution in [3.8, 4) is 0 Å². The molecule has 2 saturated heterocycles. The first-order valence-corrected chi connectivity index (χ1v) is 7.10. The van der Waals surface area contributed by atoms with E-state index in [-0.39, 0.29) is 12.6 Å². The monoisotopic (exact) mass is 285 g/mol. The van der Waals surface area contributed by atoms with Crippen molar-refractivity contribution < 1.29 is 19.4 Å². The molecule has 0 saturated carbocycles. The van der Waals surface area contributed by atoms with Gasteiger partial charge in [-0.3, -0.25) is 9.69 Å². The molecule has 1 N–H and O–H groups in total. The van der Waals surface area contributed by atoms with Crippen molar-refractivity contribution in [3.63, 3.8) is 0 Å². The van der Waals surface area contributed by atoms with E-state index in [1.165, 1.54) is 11.3 Å². The highest BCUT2D eigenvalue weighted by Crippen LogP contribution is 2.22. The number of rotatable bonds is 5. The van der Waals surface area contributed by atoms with Crippen molar-refractivity contribution in [1.82, 2.24) is 14.7 Å². The number of ether oxygens (including phenoxy) is 1. The van der Waals surface area contributed by atoms with Gasteiger partial charge < -0.3 is 19.6 Å². The fourth-order valence-electron chi connectivity index (χ4n) is 2.97. The van der Waals surface area contributed by atoms with Crippen molar-refractivity contribution in [3.05, 3.63) is 0 Å². The maximum atomic E-state index is 12.4. The second kappa shape index (κ2) is 6.90. The van der Waals surface area contributed by atoms with Crippen LogP contribution in [0.2, 0.25) is 0 Å². The van der Waals surface area contributed by atoms with Gasteiger partial charge in [-0.15, -0.1) is 0 Å². The summed E-state index contributed by atoms with van der Waals surface area (Å²) in [6, 6.07) is 0.262. The van der Waals surface area contributed by atoms with Crippen molar-refractivity contribution >= 4 is 12.0 Å². The average molecular weight is 285 g/mol. The molecule has 1 atom stereocenters. The van der Waals surface area contributed by atoms with Gasteiger partial charge in [-0.2, -0.15) is 0 Å². The molecule has 0 aliphatic carbocycles. The minimum atomic E-state index is -0.992. The molecular weight excluding hydrogens is 262 g/mol. The summed E-state index contributed by atoms with van der Waals surface area (Å²) in [5.74, 6) is -0.992. The molecule has 0 spiro atoms. The van der Waals surface area contributed by atoms with Crippen LogP contribution in [0, 0.1) is 0 Å². The Labute approximate surface area is 119 Å². The molecule has 2 amide bonds. The van der Waals surface area contributed by atoms with Gasteiger partial charge in [0.2, 0.25) is 0 Å². The number of carbonyl (C=O) groups excluding carboxylic acids is 1. The van der Waals surface area contributed by atoms with E-state index in [2.05, 4.69) is 4.90 Å². The molecule has 2 aliphatic heterocycles. The zero-order valence-corrected chi connectivity index (χ0v) is 12.0. The Hall–Kier alpha value is -1.34. The minimum absolute atomic E-state index is 0.184. The summed E-state index contributed by atoms with van der Waals surface area (Å²) < 4.78 is 4.95. The Morgan fingerprint density at radius 2 is 2.15 bits per heavy atom. The summed E-state index contributed by atoms with van der Waals surface area (Å²) in [5.41, 5.74) is 0. The third-order valence-corrected chi connectivity index (χ3v) is 4.02. The second-order valence-electron chi connectivity index (χ2n) is 5.37. The molecule has 0 radical (unpaired) electrons. The van der Waals surface area contributed by atoms with Gasteiger partial charge in [-0.25, -0.2) is 4.79 Å². The maximum absolute atomic E-state index is 12.4. The van der Waals surface area contributed by atoms with Crippen LogP contribution in [-0.2, 0) is 9.53 Å². The number of carboxylic acids is 1. The summed E-state index contributed by atoms with van der Waals surface area (Å²) in [6.45, 7) is 3.79. The Bertz CT molecular complexity index is 364. The van der Waals surface area contributed by atoms with Crippen molar-refractivity contribution in [2.24, 2.45) is 0 Å². The van der Waals surface area contributed by atoms with Crippen LogP contribution in [0.15, 0.2) is 0 Å². The van der Waals surface area contributed by atoms with E-state index in [0.29, 0.717) is 32.3 Å². The number of hydrogen-bond donors (Lipinski definition) is 1. The molecular formula is C13H23N3O4. The Morgan fingerprint density at radius 3 is 2.85 bits per heavy atom. The van der Waals surface area contributed by atoms with Crippen molar-refractivity contribution in [2.45, 2.75) is 18.9 Å². The van der Waals surface area contributed by atoms with E-state index in [9.17, 15) is 9.59 Å². The number of nitrogens with zero attached hydrogens (tertiary/aromatic N) is 3. The number of piperazine rings is 1. The normalized spacial score (nSPS) is 22.6. The number of carbonyl (C=O) groups is 2. The molecule has 7 nitrogen and oxygen atoms in total. The van der Waals surface area contributed by atoms with Gasteiger partial charge in [0, 0.05) is 39.3 Å². The molecule has 1 unspecified atom stereocenters. The van der Waals surface area contributed by atoms with Gasteiger partial charge in [0.15, 0.2) is 0 Å². The maximum Gasteiger partial charge on any atom is 0.323 e. The lowest BCUT2D eigenvalue weighted by Crippen LogP contribution is -2.56. The SMILES string of the molecule is COCCN(CC(=O)O)C(=O)N1CCN2CCCC2C1. The van der Waals surface area contributed by atoms with Crippen LogP contribution in [0.5, 0.6) is 0 Å². The number of methoxy groups -OCH3 is 1. The smallest absolute Gasteiger partial charge is 0.323 e. The first-order valence-electron chi connectivity index (χ1n) is 7.10. The number of urea groups is 1. The van der Waals surface area contributed by atoms with Crippen molar-refractivity contribution in [1.29, 1.82) is 0 Å². The third-order valence-electron chi connectivity index (χ3n) is 4.02. The lowest BCUT2D eigenvalue weighted by molar-refractivity contribution is -0.137. The van der Waals surface area contributed by atoms with Gasteiger partial charge in [0.1, 0.15) is 6.54 Å². The first kappa shape index (κ1) is 15.1. The molecule has 0 aromatic heterocycles. The molecule has 7 heteroatoms. The van der Waals surface area contributed by atoms with Crippen LogP contribution in [0.25, 0.3) is 0 Å². The first-order chi connectivity index (χ1) is 9.61. The number of fused-ring (bicyclic) bond motifs is 1. The summed E-state index contributed by atoms with van der Waals surface area (Å²) in [5, 5.41) is 8.92. The standard InChI is InChI=1S/C13H23N3O4/c1-20-8-7-16(10-12(17)18)13(19)15-6-5-14-4-2-3-11(14)9-15/h11H,2-10H2,1H3,(H,17,18). The van der Waals surface area contributed by atoms with Crippen LogP contribution in [0.1, 0.15) is 12.8 Å². The molecule has 0 aromatic carbocycles. The average Bonchev–Trinajstić information content (AvgIpc) is 2.89. The molecule has 2 rings (SSSR count). The molecule has 2 aliphatic rings. The zero-order valence-electron chi connectivity index (χ0n) is 12.0. The quantitative estimate of drug-likeness (QED) is 0.765. The van der Waals surface area contributed by atoms with Crippen LogP contribution in [0.3, 0.4) is 0 Å². The minimum Gasteiger partial charge on any atom is -0.480 e. The predicted molar refractivity (Wildman–Crippen MR) is 72.6 cm³/mol. The van der Waals surface area contributed by atoms with E-state index >= 15 is 0 Å². The lowest BCUT2D eigenvalue weighted by Gasteiger charge is -2.39. The number of amides is 2. The summed E-state index contributed by atoms with van der Waals surface area (Å²) in [7, 11) is 1.54. The fraction of sp³-hybridized carbons (Fsp3) is 0.846. The Kier molecular flexibility index (Phi) is 5.19. The Morgan fingerprint density at radius 1 is 1.35 bits per heavy atom.